The summed E-state index contributed by atoms with van der Waals surface area (Å²) in [5, 5.41) is 9.77. The molecule has 1 aromatic rings. The molecular formula is C12H18N2O4. The summed E-state index contributed by atoms with van der Waals surface area (Å²) in [6.07, 6.45) is 0.634. The summed E-state index contributed by atoms with van der Waals surface area (Å²) in [6, 6.07) is 1.53. The fraction of sp³-hybridized carbons (Fsp3) is 0.500. The molecule has 0 saturated heterocycles. The quantitative estimate of drug-likeness (QED) is 0.776. The summed E-state index contributed by atoms with van der Waals surface area (Å²) in [6.45, 7) is 6.95. The predicted octanol–water partition coefficient (Wildman–Crippen LogP) is 1.88. The predicted molar refractivity (Wildman–Crippen MR) is 64.7 cm³/mol. The Morgan fingerprint density at radius 1 is 1.44 bits per heavy atom. The zero-order valence-electron chi connectivity index (χ0n) is 11.2. The molecule has 0 aliphatic carbocycles. The van der Waals surface area contributed by atoms with Crippen molar-refractivity contribution in [2.24, 2.45) is 4.99 Å². The van der Waals surface area contributed by atoms with Crippen LogP contribution in [0.15, 0.2) is 17.3 Å². The minimum Gasteiger partial charge on any atom is -0.493 e. The normalized spacial score (nSPS) is 12.4. The summed E-state index contributed by atoms with van der Waals surface area (Å²) in [5.74, 6) is 0.286. The van der Waals surface area contributed by atoms with Gasteiger partial charge in [0, 0.05) is 0 Å². The van der Waals surface area contributed by atoms with E-state index in [1.807, 2.05) is 0 Å². The molecule has 0 fully saturated rings. The van der Waals surface area contributed by atoms with E-state index in [2.05, 4.69) is 4.99 Å². The number of hydrogen-bond acceptors (Lipinski definition) is 4. The number of amides is 1. The smallest absolute Gasteiger partial charge is 0.434 e. The fourth-order valence-corrected chi connectivity index (χ4v) is 1.24. The Morgan fingerprint density at radius 3 is 2.56 bits per heavy atom. The largest absolute Gasteiger partial charge is 0.493 e. The second kappa shape index (κ2) is 5.12. The highest BCUT2D eigenvalue weighted by Crippen LogP contribution is 2.09. The van der Waals surface area contributed by atoms with Crippen LogP contribution in [0.4, 0.5) is 4.79 Å². The van der Waals surface area contributed by atoms with Gasteiger partial charge in [0.1, 0.15) is 11.0 Å². The van der Waals surface area contributed by atoms with Crippen molar-refractivity contribution in [3.63, 3.8) is 0 Å². The third kappa shape index (κ3) is 3.80. The van der Waals surface area contributed by atoms with E-state index in [9.17, 15) is 10.0 Å². The third-order valence-corrected chi connectivity index (χ3v) is 2.02. The molecular weight excluding hydrogens is 236 g/mol. The first-order chi connectivity index (χ1) is 8.23. The first-order valence-electron chi connectivity index (χ1n) is 5.47. The Hall–Kier alpha value is -1.98. The van der Waals surface area contributed by atoms with E-state index in [0.717, 1.165) is 4.73 Å². The molecule has 1 rings (SSSR count). The summed E-state index contributed by atoms with van der Waals surface area (Å²) in [7, 11) is 1.43. The number of rotatable bonds is 1. The van der Waals surface area contributed by atoms with Gasteiger partial charge in [0.2, 0.25) is 0 Å². The summed E-state index contributed by atoms with van der Waals surface area (Å²) < 4.78 is 11.0. The van der Waals surface area contributed by atoms with E-state index >= 15 is 0 Å². The second-order valence-corrected chi connectivity index (χ2v) is 4.81. The van der Waals surface area contributed by atoms with Crippen molar-refractivity contribution >= 4 is 6.09 Å². The zero-order valence-corrected chi connectivity index (χ0v) is 11.2. The van der Waals surface area contributed by atoms with E-state index in [1.165, 1.54) is 19.4 Å². The third-order valence-electron chi connectivity index (χ3n) is 2.02. The van der Waals surface area contributed by atoms with Crippen molar-refractivity contribution in [1.29, 1.82) is 0 Å². The lowest BCUT2D eigenvalue weighted by atomic mass is 10.2. The second-order valence-electron chi connectivity index (χ2n) is 4.81. The first-order valence-corrected chi connectivity index (χ1v) is 5.47. The van der Waals surface area contributed by atoms with Gasteiger partial charge in [-0.25, -0.2) is 4.79 Å². The van der Waals surface area contributed by atoms with Crippen LogP contribution in [-0.4, -0.2) is 28.7 Å². The van der Waals surface area contributed by atoms with Crippen LogP contribution in [0.2, 0.25) is 0 Å². The molecule has 0 aromatic carbocycles. The first kappa shape index (κ1) is 14.1. The fourth-order valence-electron chi connectivity index (χ4n) is 1.24. The minimum absolute atomic E-state index is 0.286. The van der Waals surface area contributed by atoms with E-state index < -0.39 is 11.7 Å². The van der Waals surface area contributed by atoms with Crippen molar-refractivity contribution in [2.45, 2.75) is 33.3 Å². The molecule has 18 heavy (non-hydrogen) atoms. The average molecular weight is 254 g/mol. The lowest BCUT2D eigenvalue weighted by Crippen LogP contribution is -2.24. The molecule has 0 spiro atoms. The van der Waals surface area contributed by atoms with Crippen molar-refractivity contribution < 1.29 is 19.5 Å². The number of carbonyl (C=O) groups is 1. The molecule has 1 N–H and O–H groups in total. The van der Waals surface area contributed by atoms with E-state index in [-0.39, 0.29) is 5.75 Å². The summed E-state index contributed by atoms with van der Waals surface area (Å²) in [4.78, 5) is 15.4. The van der Waals surface area contributed by atoms with E-state index in [1.54, 1.807) is 27.7 Å². The number of carbonyl (C=O) groups excluding carboxylic acids is 1. The van der Waals surface area contributed by atoms with Crippen LogP contribution < -0.4 is 10.1 Å². The average Bonchev–Trinajstić information content (AvgIpc) is 2.20. The number of methoxy groups -OCH3 is 1. The van der Waals surface area contributed by atoms with Crippen LogP contribution in [0.1, 0.15) is 26.5 Å². The van der Waals surface area contributed by atoms with Gasteiger partial charge in [0.05, 0.1) is 19.0 Å². The number of hydrogen-bond donors (Lipinski definition) is 1. The van der Waals surface area contributed by atoms with Crippen molar-refractivity contribution in [3.05, 3.63) is 23.3 Å². The molecule has 1 heterocycles. The summed E-state index contributed by atoms with van der Waals surface area (Å²) >= 11 is 0. The van der Waals surface area contributed by atoms with Gasteiger partial charge in [-0.15, -0.1) is 0 Å². The molecule has 0 unspecified atom stereocenters. The monoisotopic (exact) mass is 254 g/mol. The number of pyridine rings is 1. The maximum atomic E-state index is 11.6. The molecule has 0 saturated carbocycles. The Morgan fingerprint density at radius 2 is 2.06 bits per heavy atom. The molecule has 0 aliphatic heterocycles. The number of ether oxygens (including phenoxy) is 2. The Bertz CT molecular complexity index is 512. The van der Waals surface area contributed by atoms with Gasteiger partial charge >= 0.3 is 6.09 Å². The van der Waals surface area contributed by atoms with Crippen LogP contribution in [-0.2, 0) is 4.74 Å². The lowest BCUT2D eigenvalue weighted by Gasteiger charge is -2.17. The Balaban J connectivity index is 3.16. The number of nitrogens with zero attached hydrogens (tertiary/aromatic N) is 2. The van der Waals surface area contributed by atoms with Gasteiger partial charge in [0.15, 0.2) is 5.75 Å². The highest BCUT2D eigenvalue weighted by atomic mass is 16.6. The van der Waals surface area contributed by atoms with Crippen molar-refractivity contribution in [3.8, 4) is 5.75 Å². The van der Waals surface area contributed by atoms with Gasteiger partial charge in [-0.2, -0.15) is 9.72 Å². The molecule has 0 atom stereocenters. The van der Waals surface area contributed by atoms with Gasteiger partial charge in [-0.1, -0.05) is 0 Å². The lowest BCUT2D eigenvalue weighted by molar-refractivity contribution is 0.0596. The Kier molecular flexibility index (Phi) is 4.00. The maximum Gasteiger partial charge on any atom is 0.434 e. The Labute approximate surface area is 105 Å². The number of aromatic nitrogens is 1. The summed E-state index contributed by atoms with van der Waals surface area (Å²) in [5.41, 5.74) is -0.0766. The van der Waals surface area contributed by atoms with Gasteiger partial charge in [-0.05, 0) is 33.8 Å². The van der Waals surface area contributed by atoms with Gasteiger partial charge < -0.3 is 14.7 Å². The van der Waals surface area contributed by atoms with Crippen LogP contribution in [0.25, 0.3) is 0 Å². The van der Waals surface area contributed by atoms with Crippen LogP contribution in [0.3, 0.4) is 0 Å². The van der Waals surface area contributed by atoms with Crippen LogP contribution in [0, 0.1) is 6.92 Å². The zero-order chi connectivity index (χ0) is 13.9. The molecule has 100 valence electrons. The van der Waals surface area contributed by atoms with Crippen molar-refractivity contribution in [1.82, 2.24) is 4.73 Å². The van der Waals surface area contributed by atoms with Gasteiger partial charge in [-0.3, -0.25) is 0 Å². The molecule has 6 nitrogen and oxygen atoms in total. The molecule has 0 bridgehead atoms. The number of aryl methyl sites for hydroxylation is 1. The van der Waals surface area contributed by atoms with Crippen LogP contribution >= 0.6 is 0 Å². The SMILES string of the molecule is COc1cn(O)c(C)c/c1=N/C(=O)OC(C)(C)C. The highest BCUT2D eigenvalue weighted by Gasteiger charge is 2.15. The van der Waals surface area contributed by atoms with E-state index in [4.69, 9.17) is 9.47 Å². The molecule has 0 aliphatic rings. The molecule has 1 aromatic heterocycles. The highest BCUT2D eigenvalue weighted by molar-refractivity contribution is 5.69. The molecule has 0 radical (unpaired) electrons. The van der Waals surface area contributed by atoms with Crippen LogP contribution in [0.5, 0.6) is 5.75 Å². The topological polar surface area (TPSA) is 73.0 Å². The molecule has 6 heteroatoms. The van der Waals surface area contributed by atoms with E-state index in [0.29, 0.717) is 11.1 Å². The minimum atomic E-state index is -0.698. The standard InChI is InChI=1S/C12H18N2O4/c1-8-6-9(10(17-5)7-14(8)16)13-11(15)18-12(2,3)4/h6-7,16H,1-5H3/b13-9-. The molecule has 1 amide bonds. The maximum absolute atomic E-state index is 11.6. The van der Waals surface area contributed by atoms with Gasteiger partial charge in [0.25, 0.3) is 0 Å². The van der Waals surface area contributed by atoms with Crippen molar-refractivity contribution in [2.75, 3.05) is 7.11 Å².